The summed E-state index contributed by atoms with van der Waals surface area (Å²) >= 11 is 0. The molecule has 1 aliphatic rings. The lowest BCUT2D eigenvalue weighted by Gasteiger charge is -2.33. The minimum absolute atomic E-state index is 0. The molecule has 0 spiro atoms. The molecule has 2 rings (SSSR count). The summed E-state index contributed by atoms with van der Waals surface area (Å²) in [6.45, 7) is 2.87. The lowest BCUT2D eigenvalue weighted by Crippen LogP contribution is -2.45. The van der Waals surface area contributed by atoms with E-state index in [0.717, 1.165) is 31.7 Å². The highest BCUT2D eigenvalue weighted by Crippen LogP contribution is 2.23. The van der Waals surface area contributed by atoms with Crippen LogP contribution in [0, 0.1) is 0 Å². The highest BCUT2D eigenvalue weighted by Gasteiger charge is 2.22. The van der Waals surface area contributed by atoms with Crippen LogP contribution in [0.1, 0.15) is 11.6 Å². The number of hydrogen-bond acceptors (Lipinski definition) is 4. The van der Waals surface area contributed by atoms with Gasteiger partial charge in [-0.05, 0) is 17.7 Å². The highest BCUT2D eigenvalue weighted by atomic mass is 35.5. The highest BCUT2D eigenvalue weighted by molar-refractivity contribution is 7.90. The third-order valence-electron chi connectivity index (χ3n) is 3.43. The van der Waals surface area contributed by atoms with Crippen LogP contribution in [0.4, 0.5) is 4.39 Å². The summed E-state index contributed by atoms with van der Waals surface area (Å²) in [5, 5.41) is 3.23. The Bertz CT molecular complexity index is 519. The first-order valence-corrected chi connectivity index (χ1v) is 8.22. The predicted molar refractivity (Wildman–Crippen MR) is 87.2 cm³/mol. The lowest BCUT2D eigenvalue weighted by atomic mass is 10.1. The minimum Gasteiger partial charge on any atom is -0.314 e. The molecular weight excluding hydrogens is 338 g/mol. The molecule has 1 N–H and O–H groups in total. The van der Waals surface area contributed by atoms with Gasteiger partial charge in [0, 0.05) is 32.4 Å². The molecule has 1 aromatic rings. The Labute approximate surface area is 137 Å². The fourth-order valence-corrected chi connectivity index (χ4v) is 2.96. The van der Waals surface area contributed by atoms with Gasteiger partial charge >= 0.3 is 0 Å². The van der Waals surface area contributed by atoms with Crippen molar-refractivity contribution in [2.75, 3.05) is 39.1 Å². The first-order valence-electron chi connectivity index (χ1n) is 6.33. The van der Waals surface area contributed by atoms with E-state index in [9.17, 15) is 12.8 Å². The van der Waals surface area contributed by atoms with E-state index < -0.39 is 16.5 Å². The molecule has 1 heterocycles. The van der Waals surface area contributed by atoms with Crippen molar-refractivity contribution in [1.29, 1.82) is 0 Å². The molecule has 1 aliphatic heterocycles. The summed E-state index contributed by atoms with van der Waals surface area (Å²) in [4.78, 5) is 2.36. The third-order valence-corrected chi connectivity index (χ3v) is 4.56. The number of hydrogen-bond donors (Lipinski definition) is 1. The van der Waals surface area contributed by atoms with Gasteiger partial charge in [-0.2, -0.15) is 0 Å². The molecule has 1 aromatic carbocycles. The third kappa shape index (κ3) is 5.38. The van der Waals surface area contributed by atoms with Gasteiger partial charge in [-0.15, -0.1) is 24.8 Å². The van der Waals surface area contributed by atoms with E-state index in [2.05, 4.69) is 10.2 Å². The van der Waals surface area contributed by atoms with Crippen LogP contribution >= 0.6 is 24.8 Å². The molecule has 8 heteroatoms. The van der Waals surface area contributed by atoms with Crippen molar-refractivity contribution in [2.24, 2.45) is 0 Å². The molecule has 0 aliphatic carbocycles. The van der Waals surface area contributed by atoms with Gasteiger partial charge in [0.05, 0.1) is 10.9 Å². The minimum atomic E-state index is -3.19. The van der Waals surface area contributed by atoms with E-state index in [4.69, 9.17) is 0 Å². The SMILES string of the molecule is CS(=O)(=O)c1ccc([C@@H](CF)N2CCNCC2)cc1.Cl.Cl. The number of halogens is 3. The second kappa shape index (κ2) is 8.90. The molecule has 21 heavy (non-hydrogen) atoms. The fraction of sp³-hybridized carbons (Fsp3) is 0.538. The zero-order chi connectivity index (χ0) is 13.9. The number of nitrogens with one attached hydrogen (secondary N) is 1. The van der Waals surface area contributed by atoms with Crippen LogP contribution < -0.4 is 5.32 Å². The Kier molecular flexibility index (Phi) is 8.73. The van der Waals surface area contributed by atoms with E-state index in [1.54, 1.807) is 24.3 Å². The number of sulfone groups is 1. The molecule has 1 atom stereocenters. The van der Waals surface area contributed by atoms with Crippen molar-refractivity contribution in [3.8, 4) is 0 Å². The first-order chi connectivity index (χ1) is 9.02. The Morgan fingerprint density at radius 3 is 2.14 bits per heavy atom. The summed E-state index contributed by atoms with van der Waals surface area (Å²) in [6, 6.07) is 6.24. The molecule has 4 nitrogen and oxygen atoms in total. The van der Waals surface area contributed by atoms with E-state index >= 15 is 0 Å². The Hall–Kier alpha value is -0.400. The van der Waals surface area contributed by atoms with Crippen molar-refractivity contribution >= 4 is 34.7 Å². The Morgan fingerprint density at radius 2 is 1.71 bits per heavy atom. The molecule has 1 saturated heterocycles. The molecule has 122 valence electrons. The quantitative estimate of drug-likeness (QED) is 0.892. The second-order valence-electron chi connectivity index (χ2n) is 4.80. The number of benzene rings is 1. The second-order valence-corrected chi connectivity index (χ2v) is 6.81. The van der Waals surface area contributed by atoms with Crippen LogP contribution in [0.2, 0.25) is 0 Å². The smallest absolute Gasteiger partial charge is 0.175 e. The predicted octanol–water partition coefficient (Wildman–Crippen LogP) is 1.85. The van der Waals surface area contributed by atoms with Gasteiger partial charge in [-0.1, -0.05) is 12.1 Å². The maximum atomic E-state index is 13.3. The lowest BCUT2D eigenvalue weighted by molar-refractivity contribution is 0.147. The van der Waals surface area contributed by atoms with Crippen LogP contribution in [-0.4, -0.2) is 52.4 Å². The van der Waals surface area contributed by atoms with Gasteiger partial charge < -0.3 is 5.32 Å². The van der Waals surface area contributed by atoms with E-state index in [-0.39, 0.29) is 35.8 Å². The zero-order valence-corrected chi connectivity index (χ0v) is 14.2. The van der Waals surface area contributed by atoms with Gasteiger partial charge in [-0.3, -0.25) is 4.90 Å². The Morgan fingerprint density at radius 1 is 1.19 bits per heavy atom. The van der Waals surface area contributed by atoms with Gasteiger partial charge in [0.1, 0.15) is 6.67 Å². The molecule has 0 saturated carbocycles. The van der Waals surface area contributed by atoms with Crippen molar-refractivity contribution in [2.45, 2.75) is 10.9 Å². The number of rotatable bonds is 4. The van der Waals surface area contributed by atoms with E-state index in [0.29, 0.717) is 0 Å². The van der Waals surface area contributed by atoms with Crippen molar-refractivity contribution < 1.29 is 12.8 Å². The van der Waals surface area contributed by atoms with Gasteiger partial charge in [0.15, 0.2) is 9.84 Å². The van der Waals surface area contributed by atoms with Crippen LogP contribution in [0.3, 0.4) is 0 Å². The van der Waals surface area contributed by atoms with Gasteiger partial charge in [-0.25, -0.2) is 12.8 Å². The standard InChI is InChI=1S/C13H19FN2O2S.2ClH/c1-19(17,18)12-4-2-11(3-5-12)13(10-14)16-8-6-15-7-9-16;;/h2-5,13,15H,6-10H2,1H3;2*1H/t13-;;/m1../s1. The summed E-state index contributed by atoms with van der Waals surface area (Å²) in [5.74, 6) is 0. The Balaban J connectivity index is 0.00000200. The molecule has 1 fully saturated rings. The van der Waals surface area contributed by atoms with Crippen LogP contribution in [0.5, 0.6) is 0 Å². The van der Waals surface area contributed by atoms with Crippen LogP contribution in [0.15, 0.2) is 29.2 Å². The number of nitrogens with zero attached hydrogens (tertiary/aromatic N) is 1. The molecule has 0 unspecified atom stereocenters. The van der Waals surface area contributed by atoms with E-state index in [1.807, 2.05) is 0 Å². The van der Waals surface area contributed by atoms with Crippen LogP contribution in [0.25, 0.3) is 0 Å². The average Bonchev–Trinajstić information content (AvgIpc) is 2.40. The fourth-order valence-electron chi connectivity index (χ4n) is 2.33. The topological polar surface area (TPSA) is 49.4 Å². The zero-order valence-electron chi connectivity index (χ0n) is 11.8. The number of alkyl halides is 1. The molecule has 0 radical (unpaired) electrons. The largest absolute Gasteiger partial charge is 0.314 e. The van der Waals surface area contributed by atoms with Crippen molar-refractivity contribution in [1.82, 2.24) is 10.2 Å². The van der Waals surface area contributed by atoms with Crippen molar-refractivity contribution in [3.05, 3.63) is 29.8 Å². The maximum Gasteiger partial charge on any atom is 0.175 e. The molecular formula is C13H21Cl2FN2O2S. The van der Waals surface area contributed by atoms with E-state index in [1.165, 1.54) is 6.26 Å². The van der Waals surface area contributed by atoms with Gasteiger partial charge in [0.25, 0.3) is 0 Å². The monoisotopic (exact) mass is 358 g/mol. The maximum absolute atomic E-state index is 13.3. The van der Waals surface area contributed by atoms with Gasteiger partial charge in [0.2, 0.25) is 0 Å². The average molecular weight is 359 g/mol. The number of piperazine rings is 1. The molecule has 0 bridgehead atoms. The molecule has 0 amide bonds. The first kappa shape index (κ1) is 20.6. The summed E-state index contributed by atoms with van der Waals surface area (Å²) < 4.78 is 36.1. The summed E-state index contributed by atoms with van der Waals surface area (Å²) in [6.07, 6.45) is 1.17. The summed E-state index contributed by atoms with van der Waals surface area (Å²) in [5.41, 5.74) is 0.830. The molecule has 0 aromatic heterocycles. The normalized spacial score (nSPS) is 17.4. The van der Waals surface area contributed by atoms with Crippen molar-refractivity contribution in [3.63, 3.8) is 0 Å². The summed E-state index contributed by atoms with van der Waals surface area (Å²) in [7, 11) is -3.19. The van der Waals surface area contributed by atoms with Crippen LogP contribution in [-0.2, 0) is 9.84 Å².